The van der Waals surface area contributed by atoms with Crippen LogP contribution in [0.15, 0.2) is 24.4 Å². The minimum Gasteiger partial charge on any atom is -0.393 e. The van der Waals surface area contributed by atoms with E-state index < -0.39 is 5.60 Å². The molecular formula is C14H19N3O2. The van der Waals surface area contributed by atoms with Crippen LogP contribution in [0.2, 0.25) is 0 Å². The molecule has 5 nitrogen and oxygen atoms in total. The highest BCUT2D eigenvalue weighted by Crippen LogP contribution is 2.28. The van der Waals surface area contributed by atoms with E-state index in [2.05, 4.69) is 28.2 Å². The van der Waals surface area contributed by atoms with Crippen LogP contribution in [0, 0.1) is 0 Å². The van der Waals surface area contributed by atoms with E-state index in [4.69, 9.17) is 0 Å². The number of piperidine rings is 1. The van der Waals surface area contributed by atoms with Gasteiger partial charge in [-0.25, -0.2) is 0 Å². The maximum atomic E-state index is 10.0. The van der Waals surface area contributed by atoms with Crippen molar-refractivity contribution in [1.82, 2.24) is 9.78 Å². The van der Waals surface area contributed by atoms with Crippen molar-refractivity contribution in [2.45, 2.75) is 18.4 Å². The molecule has 0 unspecified atom stereocenters. The molecule has 102 valence electrons. The monoisotopic (exact) mass is 261 g/mol. The fourth-order valence-corrected chi connectivity index (χ4v) is 2.69. The second kappa shape index (κ2) is 4.51. The van der Waals surface area contributed by atoms with Gasteiger partial charge in [-0.1, -0.05) is 0 Å². The maximum absolute atomic E-state index is 10.0. The number of nitrogens with zero attached hydrogens (tertiary/aromatic N) is 3. The molecule has 1 aromatic heterocycles. The van der Waals surface area contributed by atoms with Crippen LogP contribution in [0.1, 0.15) is 12.8 Å². The zero-order chi connectivity index (χ0) is 13.5. The van der Waals surface area contributed by atoms with Crippen molar-refractivity contribution in [3.8, 4) is 0 Å². The lowest BCUT2D eigenvalue weighted by Gasteiger charge is -2.38. The molecule has 19 heavy (non-hydrogen) atoms. The van der Waals surface area contributed by atoms with Crippen molar-refractivity contribution in [2.24, 2.45) is 7.05 Å². The van der Waals surface area contributed by atoms with Gasteiger partial charge in [0.25, 0.3) is 0 Å². The minimum absolute atomic E-state index is 0.150. The molecule has 1 saturated heterocycles. The van der Waals surface area contributed by atoms with Gasteiger partial charge < -0.3 is 15.1 Å². The van der Waals surface area contributed by atoms with Gasteiger partial charge in [0.2, 0.25) is 0 Å². The highest BCUT2D eigenvalue weighted by atomic mass is 16.3. The van der Waals surface area contributed by atoms with Gasteiger partial charge >= 0.3 is 0 Å². The predicted molar refractivity (Wildman–Crippen MR) is 74.2 cm³/mol. The predicted octanol–water partition coefficient (Wildman–Crippen LogP) is 0.897. The number of rotatable bonds is 2. The topological polar surface area (TPSA) is 61.5 Å². The molecule has 0 atom stereocenters. The SMILES string of the molecule is Cn1ncc2cc(N3CCC(O)(CO)CC3)ccc21. The molecule has 1 fully saturated rings. The van der Waals surface area contributed by atoms with Crippen LogP contribution in [0.25, 0.3) is 10.9 Å². The van der Waals surface area contributed by atoms with Crippen molar-refractivity contribution in [2.75, 3.05) is 24.6 Å². The lowest BCUT2D eigenvalue weighted by molar-refractivity contribution is -0.0325. The van der Waals surface area contributed by atoms with Gasteiger partial charge in [-0.05, 0) is 31.0 Å². The molecule has 5 heteroatoms. The summed E-state index contributed by atoms with van der Waals surface area (Å²) in [5, 5.41) is 24.6. The Hall–Kier alpha value is -1.59. The number of hydrogen-bond acceptors (Lipinski definition) is 4. The van der Waals surface area contributed by atoms with Gasteiger partial charge in [0.1, 0.15) is 0 Å². The molecular weight excluding hydrogens is 242 g/mol. The number of aryl methyl sites for hydroxylation is 1. The summed E-state index contributed by atoms with van der Waals surface area (Å²) in [6.07, 6.45) is 3.08. The summed E-state index contributed by atoms with van der Waals surface area (Å²) in [7, 11) is 1.93. The van der Waals surface area contributed by atoms with Crippen LogP contribution in [-0.4, -0.2) is 45.3 Å². The van der Waals surface area contributed by atoms with Crippen molar-refractivity contribution >= 4 is 16.6 Å². The second-order valence-electron chi connectivity index (χ2n) is 5.38. The first-order chi connectivity index (χ1) is 9.11. The third kappa shape index (κ3) is 2.19. The maximum Gasteiger partial charge on any atom is 0.0911 e. The largest absolute Gasteiger partial charge is 0.393 e. The smallest absolute Gasteiger partial charge is 0.0911 e. The van der Waals surface area contributed by atoms with E-state index in [1.54, 1.807) is 0 Å². The van der Waals surface area contributed by atoms with E-state index in [1.165, 1.54) is 0 Å². The van der Waals surface area contributed by atoms with E-state index >= 15 is 0 Å². The molecule has 0 radical (unpaired) electrons. The van der Waals surface area contributed by atoms with Gasteiger partial charge in [0.15, 0.2) is 0 Å². The summed E-state index contributed by atoms with van der Waals surface area (Å²) in [5.41, 5.74) is 1.38. The molecule has 2 heterocycles. The summed E-state index contributed by atoms with van der Waals surface area (Å²) >= 11 is 0. The third-order valence-corrected chi connectivity index (χ3v) is 4.08. The Kier molecular flexibility index (Phi) is 2.95. The van der Waals surface area contributed by atoms with Crippen LogP contribution >= 0.6 is 0 Å². The average molecular weight is 261 g/mol. The van der Waals surface area contributed by atoms with Crippen LogP contribution in [-0.2, 0) is 7.05 Å². The number of benzene rings is 1. The van der Waals surface area contributed by atoms with Gasteiger partial charge in [-0.15, -0.1) is 0 Å². The lowest BCUT2D eigenvalue weighted by Crippen LogP contribution is -2.46. The van der Waals surface area contributed by atoms with Crippen molar-refractivity contribution in [3.63, 3.8) is 0 Å². The molecule has 2 aromatic rings. The summed E-state index contributed by atoms with van der Waals surface area (Å²) in [4.78, 5) is 2.25. The first-order valence-electron chi connectivity index (χ1n) is 6.61. The summed E-state index contributed by atoms with van der Waals surface area (Å²) in [6, 6.07) is 6.30. The molecule has 0 bridgehead atoms. The number of aromatic nitrogens is 2. The Morgan fingerprint density at radius 3 is 2.74 bits per heavy atom. The Morgan fingerprint density at radius 2 is 2.05 bits per heavy atom. The van der Waals surface area contributed by atoms with Crippen LogP contribution < -0.4 is 4.90 Å². The third-order valence-electron chi connectivity index (χ3n) is 4.08. The van der Waals surface area contributed by atoms with Crippen LogP contribution in [0.5, 0.6) is 0 Å². The Bertz CT molecular complexity index is 585. The number of aliphatic hydroxyl groups excluding tert-OH is 1. The molecule has 1 aliphatic rings. The highest BCUT2D eigenvalue weighted by molar-refractivity contribution is 5.82. The normalized spacial score (nSPS) is 19.0. The van der Waals surface area contributed by atoms with E-state index in [-0.39, 0.29) is 6.61 Å². The van der Waals surface area contributed by atoms with Crippen molar-refractivity contribution in [3.05, 3.63) is 24.4 Å². The molecule has 0 aliphatic carbocycles. The lowest BCUT2D eigenvalue weighted by atomic mass is 9.92. The molecule has 1 aliphatic heterocycles. The van der Waals surface area contributed by atoms with E-state index in [1.807, 2.05) is 17.9 Å². The minimum atomic E-state index is -0.894. The zero-order valence-corrected chi connectivity index (χ0v) is 11.1. The van der Waals surface area contributed by atoms with E-state index in [0.717, 1.165) is 29.7 Å². The van der Waals surface area contributed by atoms with Crippen molar-refractivity contribution in [1.29, 1.82) is 0 Å². The zero-order valence-electron chi connectivity index (χ0n) is 11.1. The number of anilines is 1. The first-order valence-corrected chi connectivity index (χ1v) is 6.61. The second-order valence-corrected chi connectivity index (χ2v) is 5.38. The fourth-order valence-electron chi connectivity index (χ4n) is 2.69. The summed E-state index contributed by atoms with van der Waals surface area (Å²) in [6.45, 7) is 1.38. The van der Waals surface area contributed by atoms with Crippen LogP contribution in [0.4, 0.5) is 5.69 Å². The number of fused-ring (bicyclic) bond motifs is 1. The molecule has 1 aromatic carbocycles. The van der Waals surface area contributed by atoms with Gasteiger partial charge in [0.05, 0.1) is 23.9 Å². The van der Waals surface area contributed by atoms with Crippen molar-refractivity contribution < 1.29 is 10.2 Å². The molecule has 3 rings (SSSR count). The molecule has 0 saturated carbocycles. The van der Waals surface area contributed by atoms with Gasteiger partial charge in [0, 0.05) is 31.2 Å². The first kappa shape index (κ1) is 12.4. The quantitative estimate of drug-likeness (QED) is 0.843. The average Bonchev–Trinajstić information content (AvgIpc) is 2.81. The van der Waals surface area contributed by atoms with Gasteiger partial charge in [-0.2, -0.15) is 5.10 Å². The molecule has 0 spiro atoms. The number of hydrogen-bond donors (Lipinski definition) is 2. The Morgan fingerprint density at radius 1 is 1.32 bits per heavy atom. The van der Waals surface area contributed by atoms with Crippen LogP contribution in [0.3, 0.4) is 0 Å². The molecule has 0 amide bonds. The molecule has 2 N–H and O–H groups in total. The number of aliphatic hydroxyl groups is 2. The summed E-state index contributed by atoms with van der Waals surface area (Å²) < 4.78 is 1.86. The van der Waals surface area contributed by atoms with E-state index in [0.29, 0.717) is 12.8 Å². The summed E-state index contributed by atoms with van der Waals surface area (Å²) in [5.74, 6) is 0. The fraction of sp³-hybridized carbons (Fsp3) is 0.500. The van der Waals surface area contributed by atoms with Gasteiger partial charge in [-0.3, -0.25) is 4.68 Å². The standard InChI is InChI=1S/C14H19N3O2/c1-16-13-3-2-12(8-11(13)9-15-16)17-6-4-14(19,10-18)5-7-17/h2-3,8-9,18-19H,4-7,10H2,1H3. The Labute approximate surface area is 112 Å². The van der Waals surface area contributed by atoms with E-state index in [9.17, 15) is 10.2 Å². The highest BCUT2D eigenvalue weighted by Gasteiger charge is 2.31. The Balaban J connectivity index is 1.82.